The number of fused-ring (bicyclic) bond motifs is 1. The number of alkyl halides is 2. The molecule has 264 valence electrons. The van der Waals surface area contributed by atoms with Crippen LogP contribution in [0.3, 0.4) is 0 Å². The number of carbonyl (C=O) groups excluding carboxylic acids is 2. The van der Waals surface area contributed by atoms with Crippen LogP contribution < -0.4 is 9.62 Å². The highest BCUT2D eigenvalue weighted by Crippen LogP contribution is 2.50. The van der Waals surface area contributed by atoms with Gasteiger partial charge >= 0.3 is 6.11 Å². The minimum absolute atomic E-state index is 0.0180. The standard InChI is InChI=1S/C39H39F3O7S/c1-7-47-49-27-13-16-29(17-14-27)50(45,46)25(5)24(4)38(44)36-32(20-26-12-11-22(2)19-34(26)40)30-18-15-28(48-39(6,41)42)21-33(30)35(36)31-10-8-9-23(3)37(31)43/h8-19,21,23-25,32H,7,20H2,1-6H3/t23-,24+,25-,32?/m0/s1. The van der Waals surface area contributed by atoms with Gasteiger partial charge in [-0.2, -0.15) is 13.7 Å². The predicted molar refractivity (Wildman–Crippen MR) is 183 cm³/mol. The Morgan fingerprint density at radius 2 is 1.68 bits per heavy atom. The second kappa shape index (κ2) is 14.4. The lowest BCUT2D eigenvalue weighted by Gasteiger charge is -2.25. The quantitative estimate of drug-likeness (QED) is 0.130. The lowest BCUT2D eigenvalue weighted by atomic mass is 9.81. The van der Waals surface area contributed by atoms with Gasteiger partial charge in [0, 0.05) is 41.4 Å². The van der Waals surface area contributed by atoms with Crippen LogP contribution in [0.15, 0.2) is 94.9 Å². The number of hydrogen-bond acceptors (Lipinski definition) is 7. The highest BCUT2D eigenvalue weighted by molar-refractivity contribution is 7.92. The van der Waals surface area contributed by atoms with Crippen molar-refractivity contribution < 1.29 is 45.7 Å². The molecule has 1 unspecified atom stereocenters. The van der Waals surface area contributed by atoms with Crippen LogP contribution in [0.2, 0.25) is 0 Å². The minimum atomic E-state index is -4.09. The number of aryl methyl sites for hydroxylation is 1. The summed E-state index contributed by atoms with van der Waals surface area (Å²) < 4.78 is 76.1. The van der Waals surface area contributed by atoms with Gasteiger partial charge in [-0.1, -0.05) is 50.3 Å². The molecule has 50 heavy (non-hydrogen) atoms. The molecule has 0 aliphatic heterocycles. The van der Waals surface area contributed by atoms with E-state index in [2.05, 4.69) is 0 Å². The molecule has 0 spiro atoms. The summed E-state index contributed by atoms with van der Waals surface area (Å²) in [5.74, 6) is -3.82. The smallest absolute Gasteiger partial charge is 0.394 e. The molecule has 0 heterocycles. The first kappa shape index (κ1) is 36.8. The van der Waals surface area contributed by atoms with Crippen LogP contribution in [0.4, 0.5) is 13.2 Å². The van der Waals surface area contributed by atoms with Crippen molar-refractivity contribution in [2.24, 2.45) is 11.8 Å². The van der Waals surface area contributed by atoms with Crippen molar-refractivity contribution in [2.45, 2.75) is 70.1 Å². The van der Waals surface area contributed by atoms with E-state index >= 15 is 4.39 Å². The summed E-state index contributed by atoms with van der Waals surface area (Å²) in [5.41, 5.74) is 2.26. The summed E-state index contributed by atoms with van der Waals surface area (Å²) in [4.78, 5) is 38.5. The Morgan fingerprint density at radius 3 is 2.32 bits per heavy atom. The highest BCUT2D eigenvalue weighted by Gasteiger charge is 2.43. The molecule has 3 aromatic rings. The monoisotopic (exact) mass is 708 g/mol. The van der Waals surface area contributed by atoms with Gasteiger partial charge in [0.2, 0.25) is 0 Å². The Balaban J connectivity index is 1.67. The van der Waals surface area contributed by atoms with Crippen molar-refractivity contribution in [1.29, 1.82) is 0 Å². The maximum absolute atomic E-state index is 15.4. The summed E-state index contributed by atoms with van der Waals surface area (Å²) in [6, 6.07) is 14.6. The number of ketones is 2. The second-order valence-electron chi connectivity index (χ2n) is 12.8. The van der Waals surface area contributed by atoms with E-state index in [0.29, 0.717) is 34.9 Å². The summed E-state index contributed by atoms with van der Waals surface area (Å²) in [5, 5.41) is -1.24. The van der Waals surface area contributed by atoms with Crippen molar-refractivity contribution in [3.05, 3.63) is 118 Å². The normalized spacial score (nSPS) is 18.8. The fourth-order valence-corrected chi connectivity index (χ4v) is 7.94. The topological polar surface area (TPSA) is 96.0 Å². The number of ether oxygens (including phenoxy) is 1. The molecule has 0 aromatic heterocycles. The molecule has 3 aromatic carbocycles. The Labute approximate surface area is 290 Å². The molecule has 0 amide bonds. The van der Waals surface area contributed by atoms with Crippen LogP contribution in [0.5, 0.6) is 11.5 Å². The number of halogens is 3. The SMILES string of the molecule is CCOOc1ccc(S(=O)(=O)[C@@H](C)[C@@H](C)C(=O)C2=C(C3=CC=C[C@H](C)C3=O)c3cc(OC(C)(F)F)ccc3C2Cc2ccc(C)cc2F)cc1. The predicted octanol–water partition coefficient (Wildman–Crippen LogP) is 8.32. The molecule has 5 rings (SSSR count). The van der Waals surface area contributed by atoms with Gasteiger partial charge in [-0.25, -0.2) is 12.8 Å². The molecule has 11 heteroatoms. The average Bonchev–Trinajstić information content (AvgIpc) is 3.37. The molecule has 0 saturated carbocycles. The van der Waals surface area contributed by atoms with Gasteiger partial charge in [0.1, 0.15) is 11.6 Å². The first-order valence-corrected chi connectivity index (χ1v) is 17.9. The van der Waals surface area contributed by atoms with Crippen molar-refractivity contribution in [3.8, 4) is 11.5 Å². The van der Waals surface area contributed by atoms with Gasteiger partial charge in [-0.05, 0) is 91.9 Å². The number of Topliss-reactive ketones (excluding diaryl/α,β-unsaturated/α-hetero) is 2. The van der Waals surface area contributed by atoms with Gasteiger partial charge in [0.25, 0.3) is 0 Å². The molecule has 0 fully saturated rings. The molecule has 7 nitrogen and oxygen atoms in total. The van der Waals surface area contributed by atoms with Crippen molar-refractivity contribution in [3.63, 3.8) is 0 Å². The van der Waals surface area contributed by atoms with Gasteiger partial charge in [0.05, 0.1) is 16.8 Å². The Bertz CT molecular complexity index is 2010. The van der Waals surface area contributed by atoms with E-state index in [0.717, 1.165) is 0 Å². The third-order valence-electron chi connectivity index (χ3n) is 9.13. The molecular formula is C39H39F3O7S. The van der Waals surface area contributed by atoms with E-state index in [9.17, 15) is 26.8 Å². The summed E-state index contributed by atoms with van der Waals surface area (Å²) in [6.07, 6.45) is 1.39. The van der Waals surface area contributed by atoms with Crippen LogP contribution >= 0.6 is 0 Å². The molecule has 2 aliphatic rings. The van der Waals surface area contributed by atoms with Gasteiger partial charge in [-0.3, -0.25) is 9.59 Å². The molecule has 0 radical (unpaired) electrons. The van der Waals surface area contributed by atoms with E-state index in [1.54, 1.807) is 51.1 Å². The van der Waals surface area contributed by atoms with Crippen LogP contribution in [0.25, 0.3) is 5.57 Å². The zero-order chi connectivity index (χ0) is 36.5. The van der Waals surface area contributed by atoms with Crippen molar-refractivity contribution >= 4 is 27.0 Å². The van der Waals surface area contributed by atoms with Crippen LogP contribution in [-0.4, -0.2) is 37.9 Å². The number of carbonyl (C=O) groups is 2. The summed E-state index contributed by atoms with van der Waals surface area (Å²) in [7, 11) is -4.09. The maximum Gasteiger partial charge on any atom is 0.394 e. The van der Waals surface area contributed by atoms with Gasteiger partial charge in [-0.15, -0.1) is 0 Å². The lowest BCUT2D eigenvalue weighted by Crippen LogP contribution is -2.33. The minimum Gasteiger partial charge on any atom is -0.433 e. The summed E-state index contributed by atoms with van der Waals surface area (Å²) >= 11 is 0. The third-order valence-corrected chi connectivity index (χ3v) is 11.4. The zero-order valence-electron chi connectivity index (χ0n) is 28.6. The van der Waals surface area contributed by atoms with Crippen LogP contribution in [0, 0.1) is 24.6 Å². The van der Waals surface area contributed by atoms with Crippen molar-refractivity contribution in [2.75, 3.05) is 6.61 Å². The Morgan fingerprint density at radius 1 is 1.00 bits per heavy atom. The van der Waals surface area contributed by atoms with E-state index in [1.807, 2.05) is 0 Å². The van der Waals surface area contributed by atoms with Crippen LogP contribution in [0.1, 0.15) is 62.8 Å². The first-order valence-electron chi connectivity index (χ1n) is 16.3. The number of rotatable bonds is 13. The number of sulfone groups is 1. The fourth-order valence-electron chi connectivity index (χ4n) is 6.33. The van der Waals surface area contributed by atoms with E-state index in [-0.39, 0.29) is 46.2 Å². The number of allylic oxidation sites excluding steroid dienone is 6. The molecule has 4 atom stereocenters. The van der Waals surface area contributed by atoms with Crippen LogP contribution in [-0.2, 0) is 30.7 Å². The highest BCUT2D eigenvalue weighted by atomic mass is 32.2. The van der Waals surface area contributed by atoms with E-state index in [4.69, 9.17) is 14.5 Å². The third kappa shape index (κ3) is 7.49. The second-order valence-corrected chi connectivity index (χ2v) is 15.1. The van der Waals surface area contributed by atoms with Gasteiger partial charge in [0.15, 0.2) is 27.2 Å². The number of hydrogen-bond donors (Lipinski definition) is 0. The molecule has 0 saturated heterocycles. The Kier molecular flexibility index (Phi) is 10.6. The number of benzene rings is 3. The molecular weight excluding hydrogens is 669 g/mol. The lowest BCUT2D eigenvalue weighted by molar-refractivity contribution is -0.202. The maximum atomic E-state index is 15.4. The molecule has 2 aliphatic carbocycles. The van der Waals surface area contributed by atoms with Gasteiger partial charge < -0.3 is 9.62 Å². The average molecular weight is 709 g/mol. The van der Waals surface area contributed by atoms with E-state index < -0.39 is 50.5 Å². The zero-order valence-corrected chi connectivity index (χ0v) is 29.4. The summed E-state index contributed by atoms with van der Waals surface area (Å²) in [6.45, 7) is 8.99. The molecule has 0 N–H and O–H groups in total. The van der Waals surface area contributed by atoms with E-state index in [1.165, 1.54) is 62.4 Å². The Hall–Kier alpha value is -4.48. The fraction of sp³-hybridized carbons (Fsp3) is 0.333. The molecule has 0 bridgehead atoms. The largest absolute Gasteiger partial charge is 0.433 e. The first-order chi connectivity index (χ1) is 23.5. The van der Waals surface area contributed by atoms with Crippen molar-refractivity contribution in [1.82, 2.24) is 0 Å².